The van der Waals surface area contributed by atoms with Crippen molar-refractivity contribution in [3.8, 4) is 0 Å². The average molecular weight is 447 g/mol. The lowest BCUT2D eigenvalue weighted by atomic mass is 9.98. The molecule has 0 unspecified atom stereocenters. The van der Waals surface area contributed by atoms with Crippen molar-refractivity contribution < 1.29 is 22.0 Å². The van der Waals surface area contributed by atoms with Crippen molar-refractivity contribution in [3.63, 3.8) is 0 Å². The SMILES string of the molecule is Cc1ccc(NC(=O)[C@H]2CCCN(S(=O)(=O)c3ccc4c(c3)oc(=O)n4C)C2)cc1F. The van der Waals surface area contributed by atoms with Crippen molar-refractivity contribution in [2.75, 3.05) is 18.4 Å². The Hall–Kier alpha value is -2.98. The topological polar surface area (TPSA) is 102 Å². The van der Waals surface area contributed by atoms with Crippen LogP contribution < -0.4 is 11.1 Å². The molecule has 164 valence electrons. The Morgan fingerprint density at radius 2 is 2.00 bits per heavy atom. The Morgan fingerprint density at radius 3 is 2.74 bits per heavy atom. The van der Waals surface area contributed by atoms with Crippen LogP contribution in [0.4, 0.5) is 10.1 Å². The van der Waals surface area contributed by atoms with E-state index in [0.29, 0.717) is 29.6 Å². The Labute approximate surface area is 178 Å². The molecule has 1 aliphatic rings. The predicted molar refractivity (Wildman–Crippen MR) is 113 cm³/mol. The van der Waals surface area contributed by atoms with Crippen molar-refractivity contribution >= 4 is 32.7 Å². The zero-order valence-corrected chi connectivity index (χ0v) is 17.9. The molecule has 2 heterocycles. The fourth-order valence-electron chi connectivity index (χ4n) is 3.71. The summed E-state index contributed by atoms with van der Waals surface area (Å²) in [6.45, 7) is 1.92. The number of piperidine rings is 1. The van der Waals surface area contributed by atoms with Crippen molar-refractivity contribution in [2.24, 2.45) is 13.0 Å². The molecule has 1 aromatic heterocycles. The molecule has 10 heteroatoms. The molecule has 1 saturated heterocycles. The second-order valence-electron chi connectivity index (χ2n) is 7.71. The standard InChI is InChI=1S/C21H22FN3O5S/c1-13-5-6-15(10-17(13)22)23-20(26)14-4-3-9-25(12-14)31(28,29)16-7-8-18-19(11-16)30-21(27)24(18)2/h5-8,10-11,14H,3-4,9,12H2,1-2H3,(H,23,26)/t14-/m0/s1. The van der Waals surface area contributed by atoms with Gasteiger partial charge in [-0.1, -0.05) is 6.07 Å². The van der Waals surface area contributed by atoms with Gasteiger partial charge in [-0.3, -0.25) is 9.36 Å². The van der Waals surface area contributed by atoms with E-state index in [1.807, 2.05) is 0 Å². The van der Waals surface area contributed by atoms with E-state index >= 15 is 0 Å². The molecule has 3 aromatic rings. The van der Waals surface area contributed by atoms with Crippen LogP contribution >= 0.6 is 0 Å². The first-order valence-corrected chi connectivity index (χ1v) is 11.3. The van der Waals surface area contributed by atoms with E-state index in [4.69, 9.17) is 4.42 Å². The lowest BCUT2D eigenvalue weighted by Crippen LogP contribution is -2.43. The molecule has 4 rings (SSSR count). The molecule has 1 fully saturated rings. The molecule has 0 aliphatic carbocycles. The minimum absolute atomic E-state index is 0.00369. The summed E-state index contributed by atoms with van der Waals surface area (Å²) >= 11 is 0. The summed E-state index contributed by atoms with van der Waals surface area (Å²) in [5.74, 6) is -1.92. The number of nitrogens with one attached hydrogen (secondary N) is 1. The Bertz CT molecular complexity index is 1330. The molecule has 8 nitrogen and oxygen atoms in total. The molecular weight excluding hydrogens is 425 g/mol. The van der Waals surface area contributed by atoms with Gasteiger partial charge in [0.1, 0.15) is 5.82 Å². The smallest absolute Gasteiger partial charge is 0.408 e. The molecule has 0 radical (unpaired) electrons. The Kier molecular flexibility index (Phi) is 5.44. The van der Waals surface area contributed by atoms with Crippen molar-refractivity contribution in [3.05, 3.63) is 58.3 Å². The van der Waals surface area contributed by atoms with E-state index < -0.39 is 27.5 Å². The number of oxazole rings is 1. The van der Waals surface area contributed by atoms with Crippen LogP contribution in [0.2, 0.25) is 0 Å². The van der Waals surface area contributed by atoms with Gasteiger partial charge in [0.05, 0.1) is 16.3 Å². The van der Waals surface area contributed by atoms with Crippen LogP contribution in [0.5, 0.6) is 0 Å². The lowest BCUT2D eigenvalue weighted by molar-refractivity contribution is -0.120. The average Bonchev–Trinajstić information content (AvgIpc) is 3.04. The van der Waals surface area contributed by atoms with Crippen LogP contribution in [0.1, 0.15) is 18.4 Å². The molecule has 1 N–H and O–H groups in total. The molecule has 1 amide bonds. The van der Waals surface area contributed by atoms with Crippen molar-refractivity contribution in [2.45, 2.75) is 24.7 Å². The van der Waals surface area contributed by atoms with Crippen LogP contribution in [-0.4, -0.2) is 36.3 Å². The van der Waals surface area contributed by atoms with Crippen molar-refractivity contribution in [1.82, 2.24) is 8.87 Å². The molecule has 0 bridgehead atoms. The number of amides is 1. The number of hydrogen-bond acceptors (Lipinski definition) is 5. The summed E-state index contributed by atoms with van der Waals surface area (Å²) in [6, 6.07) is 8.69. The first-order valence-electron chi connectivity index (χ1n) is 9.83. The van der Waals surface area contributed by atoms with Gasteiger partial charge >= 0.3 is 5.76 Å². The van der Waals surface area contributed by atoms with E-state index in [1.54, 1.807) is 19.1 Å². The maximum absolute atomic E-state index is 13.7. The maximum Gasteiger partial charge on any atom is 0.419 e. The highest BCUT2D eigenvalue weighted by molar-refractivity contribution is 7.89. The van der Waals surface area contributed by atoms with Gasteiger partial charge in [0.15, 0.2) is 5.58 Å². The predicted octanol–water partition coefficient (Wildman–Crippen LogP) is 2.62. The number of fused-ring (bicyclic) bond motifs is 1. The number of carbonyl (C=O) groups is 1. The fraction of sp³-hybridized carbons (Fsp3) is 0.333. The van der Waals surface area contributed by atoms with Gasteiger partial charge in [0.25, 0.3) is 0 Å². The summed E-state index contributed by atoms with van der Waals surface area (Å²) in [6.07, 6.45) is 1.04. The third-order valence-electron chi connectivity index (χ3n) is 5.60. The summed E-state index contributed by atoms with van der Waals surface area (Å²) in [7, 11) is -2.35. The molecule has 2 aromatic carbocycles. The monoisotopic (exact) mass is 447 g/mol. The number of halogens is 1. The number of hydrogen-bond donors (Lipinski definition) is 1. The summed E-state index contributed by atoms with van der Waals surface area (Å²) in [4.78, 5) is 24.4. The Balaban J connectivity index is 1.53. The van der Waals surface area contributed by atoms with Crippen LogP contribution in [-0.2, 0) is 21.9 Å². The minimum Gasteiger partial charge on any atom is -0.408 e. The first-order chi connectivity index (χ1) is 14.7. The van der Waals surface area contributed by atoms with E-state index in [1.165, 1.54) is 40.2 Å². The van der Waals surface area contributed by atoms with Crippen molar-refractivity contribution in [1.29, 1.82) is 0 Å². The fourth-order valence-corrected chi connectivity index (χ4v) is 5.25. The van der Waals surface area contributed by atoms with Gasteiger partial charge in [-0.15, -0.1) is 0 Å². The number of aromatic nitrogens is 1. The van der Waals surface area contributed by atoms with E-state index in [0.717, 1.165) is 0 Å². The minimum atomic E-state index is -3.89. The highest BCUT2D eigenvalue weighted by Crippen LogP contribution is 2.27. The van der Waals surface area contributed by atoms with Gasteiger partial charge in [0, 0.05) is 31.9 Å². The third-order valence-corrected chi connectivity index (χ3v) is 7.46. The summed E-state index contributed by atoms with van der Waals surface area (Å²) in [5.41, 5.74) is 1.48. The van der Waals surface area contributed by atoms with Crippen LogP contribution in [0.25, 0.3) is 11.1 Å². The van der Waals surface area contributed by atoms with Gasteiger partial charge < -0.3 is 9.73 Å². The maximum atomic E-state index is 13.7. The largest absolute Gasteiger partial charge is 0.419 e. The quantitative estimate of drug-likeness (QED) is 0.663. The highest BCUT2D eigenvalue weighted by Gasteiger charge is 2.33. The highest BCUT2D eigenvalue weighted by atomic mass is 32.2. The Morgan fingerprint density at radius 1 is 1.23 bits per heavy atom. The number of carbonyl (C=O) groups excluding carboxylic acids is 1. The number of nitrogens with zero attached hydrogens (tertiary/aromatic N) is 2. The van der Waals surface area contributed by atoms with E-state index in [9.17, 15) is 22.4 Å². The van der Waals surface area contributed by atoms with Crippen LogP contribution in [0, 0.1) is 18.7 Å². The number of anilines is 1. The number of rotatable bonds is 4. The number of aryl methyl sites for hydroxylation is 2. The van der Waals surface area contributed by atoms with Gasteiger partial charge in [0.2, 0.25) is 15.9 Å². The van der Waals surface area contributed by atoms with E-state index in [2.05, 4.69) is 5.32 Å². The van der Waals surface area contributed by atoms with Crippen LogP contribution in [0.15, 0.2) is 50.5 Å². The van der Waals surface area contributed by atoms with E-state index in [-0.39, 0.29) is 29.5 Å². The van der Waals surface area contributed by atoms with Gasteiger partial charge in [-0.05, 0) is 49.6 Å². The molecule has 1 atom stereocenters. The number of sulfonamides is 1. The van der Waals surface area contributed by atoms with Gasteiger partial charge in [-0.25, -0.2) is 17.6 Å². The summed E-state index contributed by atoms with van der Waals surface area (Å²) < 4.78 is 47.7. The second kappa shape index (κ2) is 7.93. The third kappa shape index (κ3) is 4.00. The van der Waals surface area contributed by atoms with Gasteiger partial charge in [-0.2, -0.15) is 4.31 Å². The molecule has 31 heavy (non-hydrogen) atoms. The lowest BCUT2D eigenvalue weighted by Gasteiger charge is -2.31. The molecular formula is C21H22FN3O5S. The zero-order valence-electron chi connectivity index (χ0n) is 17.1. The zero-order chi connectivity index (χ0) is 22.3. The molecule has 0 spiro atoms. The normalized spacial score (nSPS) is 17.7. The molecule has 1 aliphatic heterocycles. The first kappa shape index (κ1) is 21.3. The summed E-state index contributed by atoms with van der Waals surface area (Å²) in [5, 5.41) is 2.67. The number of benzene rings is 2. The molecule has 0 saturated carbocycles. The second-order valence-corrected chi connectivity index (χ2v) is 9.65. The van der Waals surface area contributed by atoms with Crippen LogP contribution in [0.3, 0.4) is 0 Å².